The first-order valence-electron chi connectivity index (χ1n) is 18.3. The minimum absolute atomic E-state index is 0.478. The fraction of sp³-hybridized carbons (Fsp3) is 0.944. The molecule has 0 amide bonds. The highest BCUT2D eigenvalue weighted by Crippen LogP contribution is 2.46. The average Bonchev–Trinajstić information content (AvgIpc) is 2.93. The summed E-state index contributed by atoms with van der Waals surface area (Å²) in [6.45, 7) is 20.6. The van der Waals surface area contributed by atoms with Gasteiger partial charge in [-0.25, -0.2) is 0 Å². The Kier molecular flexibility index (Phi) is 13.0. The Bertz CT molecular complexity index is 820. The van der Waals surface area contributed by atoms with Gasteiger partial charge in [-0.15, -0.1) is 0 Å². The number of rotatable bonds is 13. The van der Waals surface area contributed by atoms with Crippen molar-refractivity contribution in [1.29, 1.82) is 0 Å². The van der Waals surface area contributed by atoms with E-state index >= 15 is 0 Å². The van der Waals surface area contributed by atoms with Crippen molar-refractivity contribution in [3.05, 3.63) is 0 Å². The molecule has 0 aliphatic heterocycles. The molecule has 4 saturated carbocycles. The molecule has 0 saturated heterocycles. The maximum atomic E-state index is 6.36. The summed E-state index contributed by atoms with van der Waals surface area (Å²) >= 11 is 0. The van der Waals surface area contributed by atoms with Gasteiger partial charge in [-0.05, 0) is 139 Å². The molecule has 242 valence electrons. The largest absolute Gasteiger partial charge is 0.418 e. The van der Waals surface area contributed by atoms with Gasteiger partial charge in [0.2, 0.25) is 0 Å². The molecule has 4 aliphatic carbocycles. The predicted molar refractivity (Wildman–Crippen MR) is 187 cm³/mol. The van der Waals surface area contributed by atoms with Crippen molar-refractivity contribution in [2.45, 2.75) is 168 Å². The van der Waals surface area contributed by atoms with Gasteiger partial charge in [-0.3, -0.25) is 9.98 Å². The third-order valence-corrected chi connectivity index (χ3v) is 13.2. The van der Waals surface area contributed by atoms with Crippen LogP contribution in [0.2, 0.25) is 39.3 Å². The summed E-state index contributed by atoms with van der Waals surface area (Å²) in [6.07, 6.45) is 21.0. The lowest BCUT2D eigenvalue weighted by Gasteiger charge is -2.44. The van der Waals surface area contributed by atoms with E-state index in [4.69, 9.17) is 18.8 Å². The van der Waals surface area contributed by atoms with Crippen LogP contribution in [0.4, 0.5) is 0 Å². The zero-order valence-corrected chi connectivity index (χ0v) is 31.1. The van der Waals surface area contributed by atoms with E-state index in [9.17, 15) is 0 Å². The van der Waals surface area contributed by atoms with E-state index in [1.165, 1.54) is 88.5 Å². The molecule has 8 unspecified atom stereocenters. The molecule has 0 bridgehead atoms. The lowest BCUT2D eigenvalue weighted by molar-refractivity contribution is 0.110. The van der Waals surface area contributed by atoms with Crippen LogP contribution < -0.4 is 0 Å². The monoisotopic (exact) mass is 616 g/mol. The van der Waals surface area contributed by atoms with Crippen molar-refractivity contribution in [2.24, 2.45) is 45.5 Å². The first-order chi connectivity index (χ1) is 19.9. The lowest BCUT2D eigenvalue weighted by Crippen LogP contribution is -2.41. The van der Waals surface area contributed by atoms with Crippen molar-refractivity contribution in [2.75, 3.05) is 13.2 Å². The summed E-state index contributed by atoms with van der Waals surface area (Å²) in [5.41, 5.74) is 2.71. The summed E-state index contributed by atoms with van der Waals surface area (Å²) in [4.78, 5) is 11.7. The van der Waals surface area contributed by atoms with Crippen LogP contribution in [0.15, 0.2) is 9.98 Å². The van der Waals surface area contributed by atoms with Gasteiger partial charge in [0.25, 0.3) is 0 Å². The van der Waals surface area contributed by atoms with Gasteiger partial charge in [-0.1, -0.05) is 52.4 Å². The van der Waals surface area contributed by atoms with E-state index in [-0.39, 0.29) is 0 Å². The molecule has 0 spiro atoms. The third-order valence-electron chi connectivity index (χ3n) is 11.1. The maximum Gasteiger partial charge on any atom is 0.183 e. The van der Waals surface area contributed by atoms with Crippen LogP contribution in [0, 0.1) is 35.5 Å². The molecule has 6 heteroatoms. The minimum atomic E-state index is -1.52. The third kappa shape index (κ3) is 10.4. The fourth-order valence-corrected chi connectivity index (χ4v) is 10.4. The summed E-state index contributed by atoms with van der Waals surface area (Å²) < 4.78 is 12.7. The lowest BCUT2D eigenvalue weighted by atomic mass is 9.65. The minimum Gasteiger partial charge on any atom is -0.418 e. The normalized spacial score (nSPS) is 35.0. The zero-order valence-electron chi connectivity index (χ0n) is 29.1. The van der Waals surface area contributed by atoms with Crippen LogP contribution in [0.25, 0.3) is 0 Å². The fourth-order valence-electron chi connectivity index (χ4n) is 8.84. The van der Waals surface area contributed by atoms with Crippen LogP contribution in [-0.2, 0) is 8.85 Å². The SMILES string of the molecule is CC1CCC2CCCCC2C1N=C(CCCO[Si](C)(C)C)C(CCCO[Si](C)(C)C)=NC1C(C)CCC2CCCCC21. The molecular weight excluding hydrogens is 549 g/mol. The molecule has 0 N–H and O–H groups in total. The Morgan fingerprint density at radius 3 is 1.31 bits per heavy atom. The van der Waals surface area contributed by atoms with Crippen LogP contribution >= 0.6 is 0 Å². The van der Waals surface area contributed by atoms with E-state index in [0.717, 1.165) is 62.6 Å². The number of fused-ring (bicyclic) bond motifs is 2. The molecule has 0 aromatic rings. The highest BCUT2D eigenvalue weighted by atomic mass is 28.4. The molecule has 42 heavy (non-hydrogen) atoms. The van der Waals surface area contributed by atoms with Gasteiger partial charge in [0.15, 0.2) is 16.6 Å². The highest BCUT2D eigenvalue weighted by molar-refractivity contribution is 6.70. The van der Waals surface area contributed by atoms with Crippen molar-refractivity contribution in [1.82, 2.24) is 0 Å². The van der Waals surface area contributed by atoms with E-state index in [1.54, 1.807) is 0 Å². The maximum absolute atomic E-state index is 6.36. The molecule has 0 radical (unpaired) electrons. The zero-order chi connectivity index (χ0) is 30.3. The first-order valence-corrected chi connectivity index (χ1v) is 25.1. The van der Waals surface area contributed by atoms with Crippen LogP contribution in [0.5, 0.6) is 0 Å². The Morgan fingerprint density at radius 2 is 0.929 bits per heavy atom. The van der Waals surface area contributed by atoms with Gasteiger partial charge >= 0.3 is 0 Å². The Labute approximate surface area is 263 Å². The number of hydrogen-bond donors (Lipinski definition) is 0. The van der Waals surface area contributed by atoms with Gasteiger partial charge in [0.1, 0.15) is 0 Å². The van der Waals surface area contributed by atoms with Crippen LogP contribution in [0.3, 0.4) is 0 Å². The standard InChI is InChI=1S/C36H68N2O2Si2/c1-27-21-23-29-15-9-11-17-31(29)35(27)37-33(19-13-25-39-41(3,4)5)34(20-14-26-40-42(6,7)8)38-36-28(2)22-24-30-16-10-12-18-32(30)36/h27-32,35-36H,9-26H2,1-8H3. The number of nitrogens with zero attached hydrogens (tertiary/aromatic N) is 2. The van der Waals surface area contributed by atoms with Gasteiger partial charge in [0.05, 0.1) is 23.5 Å². The molecule has 4 nitrogen and oxygen atoms in total. The van der Waals surface area contributed by atoms with Gasteiger partial charge in [0, 0.05) is 13.2 Å². The van der Waals surface area contributed by atoms with Crippen molar-refractivity contribution in [3.8, 4) is 0 Å². The Morgan fingerprint density at radius 1 is 0.548 bits per heavy atom. The number of aliphatic imine (C=N–C) groups is 2. The molecule has 4 aliphatic rings. The number of hydrogen-bond acceptors (Lipinski definition) is 4. The summed E-state index contributed by atoms with van der Waals surface area (Å²) in [7, 11) is -3.05. The van der Waals surface area contributed by atoms with Crippen molar-refractivity contribution in [3.63, 3.8) is 0 Å². The predicted octanol–water partition coefficient (Wildman–Crippen LogP) is 10.3. The Balaban J connectivity index is 1.65. The Hall–Kier alpha value is -0.306. The smallest absolute Gasteiger partial charge is 0.183 e. The van der Waals surface area contributed by atoms with E-state index in [2.05, 4.69) is 53.1 Å². The molecule has 4 fully saturated rings. The second-order valence-corrected chi connectivity index (χ2v) is 25.8. The summed E-state index contributed by atoms with van der Waals surface area (Å²) in [5, 5.41) is 0. The molecule has 0 aromatic carbocycles. The molecule has 4 rings (SSSR count). The van der Waals surface area contributed by atoms with E-state index < -0.39 is 16.6 Å². The highest BCUT2D eigenvalue weighted by Gasteiger charge is 2.40. The molecule has 0 aromatic heterocycles. The van der Waals surface area contributed by atoms with E-state index in [1.807, 2.05) is 0 Å². The van der Waals surface area contributed by atoms with Crippen molar-refractivity contribution >= 4 is 28.1 Å². The summed E-state index contributed by atoms with van der Waals surface area (Å²) in [5.74, 6) is 4.72. The molecule has 8 atom stereocenters. The second kappa shape index (κ2) is 15.8. The van der Waals surface area contributed by atoms with E-state index in [0.29, 0.717) is 23.9 Å². The molecular formula is C36H68N2O2Si2. The van der Waals surface area contributed by atoms with Gasteiger partial charge < -0.3 is 8.85 Å². The van der Waals surface area contributed by atoms with Gasteiger partial charge in [-0.2, -0.15) is 0 Å². The van der Waals surface area contributed by atoms with Crippen LogP contribution in [-0.4, -0.2) is 53.4 Å². The topological polar surface area (TPSA) is 43.2 Å². The summed E-state index contributed by atoms with van der Waals surface area (Å²) in [6, 6.07) is 0.957. The van der Waals surface area contributed by atoms with Crippen molar-refractivity contribution < 1.29 is 8.85 Å². The second-order valence-electron chi connectivity index (χ2n) is 16.8. The first kappa shape index (κ1) is 34.6. The molecule has 0 heterocycles. The quantitative estimate of drug-likeness (QED) is 0.117. The van der Waals surface area contributed by atoms with Crippen LogP contribution in [0.1, 0.15) is 117 Å². The average molecular weight is 617 g/mol.